The van der Waals surface area contributed by atoms with Crippen molar-refractivity contribution in [2.45, 2.75) is 12.3 Å². The Hall–Kier alpha value is -4.33. The number of carbonyl (C=O) groups is 2. The summed E-state index contributed by atoms with van der Waals surface area (Å²) >= 11 is 0. The number of aromatic hydroxyl groups is 2. The minimum atomic E-state index is -0.654. The van der Waals surface area contributed by atoms with Crippen molar-refractivity contribution >= 4 is 17.8 Å². The van der Waals surface area contributed by atoms with Gasteiger partial charge in [-0.1, -0.05) is 12.1 Å². The van der Waals surface area contributed by atoms with Crippen LogP contribution in [0.4, 0.5) is 0 Å². The third kappa shape index (κ3) is 4.23. The van der Waals surface area contributed by atoms with Crippen LogP contribution in [0.25, 0.3) is 6.08 Å². The molecule has 0 saturated carbocycles. The van der Waals surface area contributed by atoms with Gasteiger partial charge in [0.2, 0.25) is 5.78 Å². The summed E-state index contributed by atoms with van der Waals surface area (Å²) in [5.74, 6) is -1.25. The highest BCUT2D eigenvalue weighted by molar-refractivity contribution is 6.15. The largest absolute Gasteiger partial charge is 0.508 e. The molecule has 0 aliphatic carbocycles. The van der Waals surface area contributed by atoms with Gasteiger partial charge in [0.15, 0.2) is 17.3 Å². The maximum atomic E-state index is 13.0. The van der Waals surface area contributed by atoms with Crippen LogP contribution in [0.5, 0.6) is 23.0 Å². The van der Waals surface area contributed by atoms with Crippen LogP contribution < -0.4 is 9.47 Å². The van der Waals surface area contributed by atoms with Crippen molar-refractivity contribution < 1.29 is 34.0 Å². The van der Waals surface area contributed by atoms with Gasteiger partial charge >= 0.3 is 5.97 Å². The molecule has 0 amide bonds. The van der Waals surface area contributed by atoms with Crippen molar-refractivity contribution in [1.29, 1.82) is 0 Å². The number of esters is 1. The molecule has 168 valence electrons. The van der Waals surface area contributed by atoms with Crippen molar-refractivity contribution in [3.8, 4) is 23.0 Å². The van der Waals surface area contributed by atoms with Gasteiger partial charge in [-0.05, 0) is 47.5 Å². The molecule has 1 atom stereocenters. The summed E-state index contributed by atoms with van der Waals surface area (Å²) in [6, 6.07) is 11.0. The molecule has 0 bridgehead atoms. The number of hydrogen-bond donors (Lipinski definition) is 2. The highest BCUT2D eigenvalue weighted by atomic mass is 16.5. The summed E-state index contributed by atoms with van der Waals surface area (Å²) in [7, 11) is 2.72. The molecule has 0 saturated heterocycles. The van der Waals surface area contributed by atoms with Crippen LogP contribution in [0.15, 0.2) is 60.6 Å². The quantitative estimate of drug-likeness (QED) is 0.433. The number of ketones is 1. The number of phenols is 2. The number of rotatable bonds is 6. The van der Waals surface area contributed by atoms with Crippen molar-refractivity contribution in [2.75, 3.05) is 14.2 Å². The second kappa shape index (κ2) is 9.04. The highest BCUT2D eigenvalue weighted by Crippen LogP contribution is 2.46. The standard InChI is InChI=1S/C25H21NO7/c1-31-20-8-5-14(10-19(20)28)11-21-24(30)16-6-7-18(27)23(25(16)33-21)17(12-22(29)32-2)15-4-3-9-26-13-15/h3-11,13,17,27-28H,12H2,1-2H3/b21-11-. The summed E-state index contributed by atoms with van der Waals surface area (Å²) in [5, 5.41) is 20.7. The Morgan fingerprint density at radius 3 is 2.64 bits per heavy atom. The summed E-state index contributed by atoms with van der Waals surface area (Å²) in [6.07, 6.45) is 4.58. The first-order valence-electron chi connectivity index (χ1n) is 10.1. The van der Waals surface area contributed by atoms with E-state index in [1.807, 2.05) is 0 Å². The molecule has 1 aliphatic heterocycles. The van der Waals surface area contributed by atoms with Crippen LogP contribution in [0, 0.1) is 0 Å². The number of pyridine rings is 1. The van der Waals surface area contributed by atoms with Crippen LogP contribution in [0.2, 0.25) is 0 Å². The van der Waals surface area contributed by atoms with E-state index < -0.39 is 11.9 Å². The zero-order valence-corrected chi connectivity index (χ0v) is 17.9. The monoisotopic (exact) mass is 447 g/mol. The van der Waals surface area contributed by atoms with E-state index in [-0.39, 0.29) is 40.8 Å². The molecule has 0 radical (unpaired) electrons. The third-order valence-electron chi connectivity index (χ3n) is 5.39. The molecule has 0 fully saturated rings. The number of phenolic OH excluding ortho intramolecular Hbond substituents is 2. The molecule has 3 aromatic rings. The first-order chi connectivity index (χ1) is 15.9. The van der Waals surface area contributed by atoms with Gasteiger partial charge in [0, 0.05) is 23.9 Å². The number of Topliss-reactive ketones (excluding diaryl/α,β-unsaturated/α-hetero) is 1. The predicted molar refractivity (Wildman–Crippen MR) is 118 cm³/mol. The average Bonchev–Trinajstić information content (AvgIpc) is 3.13. The highest BCUT2D eigenvalue weighted by Gasteiger charge is 2.35. The van der Waals surface area contributed by atoms with E-state index in [1.165, 1.54) is 38.5 Å². The smallest absolute Gasteiger partial charge is 0.306 e. The molecule has 1 aromatic heterocycles. The van der Waals surface area contributed by atoms with E-state index in [2.05, 4.69) is 4.98 Å². The Labute approximate surface area is 189 Å². The predicted octanol–water partition coefficient (Wildman–Crippen LogP) is 3.81. The van der Waals surface area contributed by atoms with Gasteiger partial charge in [-0.3, -0.25) is 14.6 Å². The molecule has 33 heavy (non-hydrogen) atoms. The van der Waals surface area contributed by atoms with E-state index in [1.54, 1.807) is 36.7 Å². The van der Waals surface area contributed by atoms with Crippen LogP contribution >= 0.6 is 0 Å². The Morgan fingerprint density at radius 1 is 1.15 bits per heavy atom. The molecular weight excluding hydrogens is 426 g/mol. The van der Waals surface area contributed by atoms with E-state index in [0.717, 1.165) is 0 Å². The Balaban J connectivity index is 1.79. The van der Waals surface area contributed by atoms with Gasteiger partial charge in [-0.15, -0.1) is 0 Å². The van der Waals surface area contributed by atoms with Crippen LogP contribution in [-0.4, -0.2) is 41.2 Å². The van der Waals surface area contributed by atoms with Crippen LogP contribution in [-0.2, 0) is 9.53 Å². The third-order valence-corrected chi connectivity index (χ3v) is 5.39. The first kappa shape index (κ1) is 21.9. The number of hydrogen-bond acceptors (Lipinski definition) is 8. The lowest BCUT2D eigenvalue weighted by Crippen LogP contribution is -2.11. The molecule has 2 aromatic carbocycles. The molecule has 0 spiro atoms. The molecule has 2 N–H and O–H groups in total. The normalized spacial score (nSPS) is 14.5. The fraction of sp³-hybridized carbons (Fsp3) is 0.160. The maximum Gasteiger partial charge on any atom is 0.306 e. The number of benzene rings is 2. The lowest BCUT2D eigenvalue weighted by Gasteiger charge is -2.20. The second-order valence-corrected chi connectivity index (χ2v) is 7.37. The van der Waals surface area contributed by atoms with E-state index in [4.69, 9.17) is 14.2 Å². The molecule has 8 nitrogen and oxygen atoms in total. The minimum Gasteiger partial charge on any atom is -0.508 e. The summed E-state index contributed by atoms with van der Waals surface area (Å²) < 4.78 is 15.8. The molecule has 1 unspecified atom stereocenters. The fourth-order valence-corrected chi connectivity index (χ4v) is 3.77. The van der Waals surface area contributed by atoms with E-state index in [0.29, 0.717) is 22.4 Å². The topological polar surface area (TPSA) is 115 Å². The van der Waals surface area contributed by atoms with Crippen LogP contribution in [0.3, 0.4) is 0 Å². The van der Waals surface area contributed by atoms with Gasteiger partial charge < -0.3 is 24.4 Å². The number of carbonyl (C=O) groups excluding carboxylic acids is 2. The number of nitrogens with zero attached hydrogens (tertiary/aromatic N) is 1. The van der Waals surface area contributed by atoms with Crippen LogP contribution in [0.1, 0.15) is 39.4 Å². The number of ether oxygens (including phenoxy) is 3. The van der Waals surface area contributed by atoms with Crippen molar-refractivity contribution in [3.63, 3.8) is 0 Å². The Morgan fingerprint density at radius 2 is 1.97 bits per heavy atom. The van der Waals surface area contributed by atoms with Gasteiger partial charge in [0.1, 0.15) is 11.5 Å². The molecule has 2 heterocycles. The molecular formula is C25H21NO7. The van der Waals surface area contributed by atoms with E-state index >= 15 is 0 Å². The molecule has 4 rings (SSSR count). The first-order valence-corrected chi connectivity index (χ1v) is 10.1. The Kier molecular flexibility index (Phi) is 5.99. The van der Waals surface area contributed by atoms with Crippen molar-refractivity contribution in [1.82, 2.24) is 4.98 Å². The number of allylic oxidation sites excluding steroid dienone is 1. The maximum absolute atomic E-state index is 13.0. The molecule has 8 heteroatoms. The van der Waals surface area contributed by atoms with Gasteiger partial charge in [0.05, 0.1) is 26.2 Å². The fourth-order valence-electron chi connectivity index (χ4n) is 3.77. The van der Waals surface area contributed by atoms with E-state index in [9.17, 15) is 19.8 Å². The summed E-state index contributed by atoms with van der Waals surface area (Å²) in [4.78, 5) is 29.3. The average molecular weight is 447 g/mol. The molecule has 1 aliphatic rings. The minimum absolute atomic E-state index is 0.0180. The van der Waals surface area contributed by atoms with Gasteiger partial charge in [0.25, 0.3) is 0 Å². The van der Waals surface area contributed by atoms with Gasteiger partial charge in [-0.25, -0.2) is 0 Å². The number of aromatic nitrogens is 1. The van der Waals surface area contributed by atoms with Gasteiger partial charge in [-0.2, -0.15) is 0 Å². The SMILES string of the molecule is COC(=O)CC(c1cccnc1)c1c(O)ccc2c1O/C(=C\c1ccc(OC)c(O)c1)C2=O. The number of methoxy groups -OCH3 is 2. The summed E-state index contributed by atoms with van der Waals surface area (Å²) in [6.45, 7) is 0. The zero-order chi connectivity index (χ0) is 23.5. The Bertz CT molecular complexity index is 1250. The summed E-state index contributed by atoms with van der Waals surface area (Å²) in [5.41, 5.74) is 1.72. The van der Waals surface area contributed by atoms with Crippen molar-refractivity contribution in [3.05, 3.63) is 82.9 Å². The number of fused-ring (bicyclic) bond motifs is 1. The zero-order valence-electron chi connectivity index (χ0n) is 17.9. The second-order valence-electron chi connectivity index (χ2n) is 7.37. The van der Waals surface area contributed by atoms with Crippen molar-refractivity contribution in [2.24, 2.45) is 0 Å². The lowest BCUT2D eigenvalue weighted by molar-refractivity contribution is -0.140. The lowest BCUT2D eigenvalue weighted by atomic mass is 9.87.